The van der Waals surface area contributed by atoms with Gasteiger partial charge in [-0.3, -0.25) is 0 Å². The summed E-state index contributed by atoms with van der Waals surface area (Å²) < 4.78 is 10.5. The highest BCUT2D eigenvalue weighted by Crippen LogP contribution is 2.33. The number of hydrogen-bond acceptors (Lipinski definition) is 2. The van der Waals surface area contributed by atoms with Crippen molar-refractivity contribution in [3.8, 4) is 11.5 Å². The summed E-state index contributed by atoms with van der Waals surface area (Å²) in [5.74, 6) is 1.67. The number of fused-ring (bicyclic) bond motifs is 1. The van der Waals surface area contributed by atoms with Crippen molar-refractivity contribution in [1.29, 1.82) is 0 Å². The lowest BCUT2D eigenvalue weighted by Crippen LogP contribution is -2.14. The summed E-state index contributed by atoms with van der Waals surface area (Å²) in [5.41, 5.74) is 0. The molecule has 50 valence electrons. The Kier molecular flexibility index (Phi) is 1.48. The Morgan fingerprint density at radius 1 is 1.10 bits per heavy atom. The minimum absolute atomic E-state index is 0.157. The Labute approximate surface area is 72.5 Å². The van der Waals surface area contributed by atoms with Gasteiger partial charge in [0.05, 0.1) is 0 Å². The van der Waals surface area contributed by atoms with Crippen molar-refractivity contribution >= 4 is 27.3 Å². The molecule has 0 bridgehead atoms. The minimum Gasteiger partial charge on any atom is -0.515 e. The van der Waals surface area contributed by atoms with Gasteiger partial charge >= 0.3 is 4.97 Å². The van der Waals surface area contributed by atoms with Crippen molar-refractivity contribution in [2.45, 2.75) is 0 Å². The van der Waals surface area contributed by atoms with E-state index < -0.39 is 0 Å². The summed E-state index contributed by atoms with van der Waals surface area (Å²) in [7, 11) is 0. The summed E-state index contributed by atoms with van der Waals surface area (Å²) >= 11 is 2.08. The van der Waals surface area contributed by atoms with Crippen LogP contribution in [-0.4, -0.2) is 4.97 Å². The number of para-hydroxylation sites is 2. The van der Waals surface area contributed by atoms with E-state index in [1.54, 1.807) is 0 Å². The zero-order valence-electron chi connectivity index (χ0n) is 5.08. The van der Waals surface area contributed by atoms with E-state index >= 15 is 0 Å². The lowest BCUT2D eigenvalue weighted by atomic mass is 10.3. The fraction of sp³-hybridized carbons (Fsp3) is 0. The molecule has 0 radical (unpaired) electrons. The Hall–Kier alpha value is -0.385. The van der Waals surface area contributed by atoms with Crippen molar-refractivity contribution in [1.82, 2.24) is 0 Å². The molecule has 0 saturated carbocycles. The van der Waals surface area contributed by atoms with Crippen LogP contribution in [0.1, 0.15) is 0 Å². The molecule has 0 aromatic heterocycles. The standard InChI is InChI=1S/C6H4BIO2/c8-7-9-5-3-1-2-4-6(5)10-7/h1-4H. The maximum absolute atomic E-state index is 5.27. The smallest absolute Gasteiger partial charge is 0.515 e. The SMILES string of the molecule is IB1Oc2ccccc2O1. The van der Waals surface area contributed by atoms with Crippen molar-refractivity contribution in [2.24, 2.45) is 0 Å². The summed E-state index contributed by atoms with van der Waals surface area (Å²) in [4.78, 5) is -0.157. The predicted molar refractivity (Wildman–Crippen MR) is 47.5 cm³/mol. The first kappa shape index (κ1) is 6.33. The Morgan fingerprint density at radius 3 is 2.10 bits per heavy atom. The van der Waals surface area contributed by atoms with E-state index in [4.69, 9.17) is 9.31 Å². The molecular formula is C6H4BIO2. The first-order chi connectivity index (χ1) is 4.86. The fourth-order valence-electron chi connectivity index (χ4n) is 0.869. The quantitative estimate of drug-likeness (QED) is 0.513. The molecule has 10 heavy (non-hydrogen) atoms. The fourth-order valence-corrected chi connectivity index (χ4v) is 1.42. The van der Waals surface area contributed by atoms with Gasteiger partial charge in [-0.05, 0) is 34.5 Å². The third-order valence-corrected chi connectivity index (χ3v) is 1.80. The van der Waals surface area contributed by atoms with E-state index in [2.05, 4.69) is 22.4 Å². The molecule has 1 aliphatic heterocycles. The van der Waals surface area contributed by atoms with Crippen LogP contribution < -0.4 is 9.31 Å². The highest BCUT2D eigenvalue weighted by Gasteiger charge is 2.27. The van der Waals surface area contributed by atoms with Crippen LogP contribution in [0.25, 0.3) is 0 Å². The van der Waals surface area contributed by atoms with Gasteiger partial charge in [0.25, 0.3) is 0 Å². The van der Waals surface area contributed by atoms with Crippen LogP contribution in [0.4, 0.5) is 0 Å². The second-order valence-electron chi connectivity index (χ2n) is 1.96. The lowest BCUT2D eigenvalue weighted by Gasteiger charge is -1.92. The van der Waals surface area contributed by atoms with E-state index in [1.807, 2.05) is 24.3 Å². The van der Waals surface area contributed by atoms with Crippen LogP contribution in [0.3, 0.4) is 0 Å². The van der Waals surface area contributed by atoms with E-state index in [0.29, 0.717) is 0 Å². The monoisotopic (exact) mass is 246 g/mol. The molecule has 1 aromatic rings. The molecule has 0 N–H and O–H groups in total. The van der Waals surface area contributed by atoms with Gasteiger partial charge in [0.15, 0.2) is 0 Å². The molecule has 1 aromatic carbocycles. The summed E-state index contributed by atoms with van der Waals surface area (Å²) in [5, 5.41) is 0. The van der Waals surface area contributed by atoms with Crippen LogP contribution in [-0.2, 0) is 0 Å². The first-order valence-corrected chi connectivity index (χ1v) is 4.17. The summed E-state index contributed by atoms with van der Waals surface area (Å²) in [6.07, 6.45) is 0. The van der Waals surface area contributed by atoms with Crippen molar-refractivity contribution in [3.05, 3.63) is 24.3 Å². The van der Waals surface area contributed by atoms with E-state index in [9.17, 15) is 0 Å². The van der Waals surface area contributed by atoms with Crippen LogP contribution in [0.2, 0.25) is 0 Å². The minimum atomic E-state index is -0.157. The van der Waals surface area contributed by atoms with Gasteiger partial charge in [-0.2, -0.15) is 0 Å². The maximum Gasteiger partial charge on any atom is 0.669 e. The third kappa shape index (κ3) is 0.962. The van der Waals surface area contributed by atoms with Gasteiger partial charge in [0.2, 0.25) is 0 Å². The Balaban J connectivity index is 2.42. The molecule has 0 atom stereocenters. The van der Waals surface area contributed by atoms with Gasteiger partial charge in [0.1, 0.15) is 11.5 Å². The molecule has 0 aliphatic carbocycles. The third-order valence-electron chi connectivity index (χ3n) is 1.29. The van der Waals surface area contributed by atoms with Crippen molar-refractivity contribution in [2.75, 3.05) is 0 Å². The summed E-state index contributed by atoms with van der Waals surface area (Å²) in [6.45, 7) is 0. The van der Waals surface area contributed by atoms with Crippen molar-refractivity contribution < 1.29 is 9.31 Å². The molecule has 0 saturated heterocycles. The number of hydrogen-bond donors (Lipinski definition) is 0. The van der Waals surface area contributed by atoms with Gasteiger partial charge < -0.3 is 9.31 Å². The van der Waals surface area contributed by atoms with E-state index in [0.717, 1.165) is 11.5 Å². The van der Waals surface area contributed by atoms with Crippen LogP contribution >= 0.6 is 22.4 Å². The summed E-state index contributed by atoms with van der Waals surface area (Å²) in [6, 6.07) is 7.65. The Morgan fingerprint density at radius 2 is 1.60 bits per heavy atom. The van der Waals surface area contributed by atoms with E-state index in [-0.39, 0.29) is 4.97 Å². The molecule has 2 rings (SSSR count). The second kappa shape index (κ2) is 2.34. The molecular weight excluding hydrogens is 242 g/mol. The van der Waals surface area contributed by atoms with Gasteiger partial charge in [-0.1, -0.05) is 12.1 Å². The lowest BCUT2D eigenvalue weighted by molar-refractivity contribution is 0.536. The molecule has 1 aliphatic rings. The number of halogens is 1. The molecule has 0 unspecified atom stereocenters. The second-order valence-corrected chi connectivity index (χ2v) is 2.97. The van der Waals surface area contributed by atoms with Crippen LogP contribution in [0.5, 0.6) is 11.5 Å². The average Bonchev–Trinajstić information content (AvgIpc) is 2.27. The molecule has 1 heterocycles. The normalized spacial score (nSPS) is 13.9. The van der Waals surface area contributed by atoms with Crippen LogP contribution in [0, 0.1) is 0 Å². The Bertz CT molecular complexity index is 228. The van der Waals surface area contributed by atoms with Crippen molar-refractivity contribution in [3.63, 3.8) is 0 Å². The predicted octanol–water partition coefficient (Wildman–Crippen LogP) is 1.88. The largest absolute Gasteiger partial charge is 0.669 e. The first-order valence-electron chi connectivity index (χ1n) is 2.93. The molecule has 4 heteroatoms. The highest BCUT2D eigenvalue weighted by molar-refractivity contribution is 14.1. The van der Waals surface area contributed by atoms with E-state index in [1.165, 1.54) is 0 Å². The van der Waals surface area contributed by atoms with Gasteiger partial charge in [-0.25, -0.2) is 0 Å². The van der Waals surface area contributed by atoms with Crippen LogP contribution in [0.15, 0.2) is 24.3 Å². The zero-order valence-corrected chi connectivity index (χ0v) is 7.24. The zero-order chi connectivity index (χ0) is 6.97. The topological polar surface area (TPSA) is 18.5 Å². The molecule has 0 spiro atoms. The number of benzene rings is 1. The van der Waals surface area contributed by atoms with Gasteiger partial charge in [-0.15, -0.1) is 0 Å². The van der Waals surface area contributed by atoms with Gasteiger partial charge in [0, 0.05) is 0 Å². The average molecular weight is 246 g/mol. The highest BCUT2D eigenvalue weighted by atomic mass is 127. The maximum atomic E-state index is 5.27. The number of rotatable bonds is 0. The molecule has 0 amide bonds. The molecule has 2 nitrogen and oxygen atoms in total. The molecule has 0 fully saturated rings.